The molecule has 0 aliphatic carbocycles. The summed E-state index contributed by atoms with van der Waals surface area (Å²) in [5.41, 5.74) is 0. The fourth-order valence-electron chi connectivity index (χ4n) is 0.680. The average molecular weight is 168 g/mol. The van der Waals surface area contributed by atoms with E-state index in [9.17, 15) is 4.79 Å². The lowest BCUT2D eigenvalue weighted by atomic mass is 10.4. The first-order valence-electron chi connectivity index (χ1n) is 2.63. The first-order valence-corrected chi connectivity index (χ1v) is 4.27. The second-order valence-corrected chi connectivity index (χ2v) is 3.69. The first kappa shape index (κ1) is 7.80. The van der Waals surface area contributed by atoms with Crippen LogP contribution in [0.15, 0.2) is 0 Å². The maximum absolute atomic E-state index is 9.74. The maximum Gasteiger partial charge on any atom is 0.293 e. The summed E-state index contributed by atoms with van der Waals surface area (Å²) in [5, 5.41) is 0. The largest absolute Gasteiger partial charge is 0.461 e. The van der Waals surface area contributed by atoms with Gasteiger partial charge in [-0.1, -0.05) is 0 Å². The van der Waals surface area contributed by atoms with Gasteiger partial charge in [0.05, 0.1) is 16.6 Å². The average Bonchev–Trinajstić information content (AvgIpc) is 2.12. The molecule has 1 unspecified atom stereocenters. The highest BCUT2D eigenvalue weighted by Crippen LogP contribution is 2.45. The lowest BCUT2D eigenvalue weighted by Crippen LogP contribution is -2.15. The number of hydrogen-bond acceptors (Lipinski definition) is 5. The van der Waals surface area contributed by atoms with Crippen molar-refractivity contribution in [2.24, 2.45) is 0 Å². The Labute approximate surface area is 59.5 Å². The van der Waals surface area contributed by atoms with E-state index in [1.807, 2.05) is 0 Å². The zero-order valence-corrected chi connectivity index (χ0v) is 5.91. The Morgan fingerprint density at radius 2 is 2.40 bits per heavy atom. The summed E-state index contributed by atoms with van der Waals surface area (Å²) in [6.45, 7) is 0.343. The number of carbonyl (C=O) groups excluding carboxylic acids is 1. The lowest BCUT2D eigenvalue weighted by molar-refractivity contribution is -0.133. The van der Waals surface area contributed by atoms with E-state index in [1.54, 1.807) is 0 Å². The molecule has 0 aromatic heterocycles. The van der Waals surface area contributed by atoms with Crippen LogP contribution >= 0.6 is 10.9 Å². The van der Waals surface area contributed by atoms with Crippen LogP contribution < -0.4 is 0 Å². The summed E-state index contributed by atoms with van der Waals surface area (Å²) in [4.78, 5) is 9.74. The molecule has 0 saturated carbocycles. The third-order valence-electron chi connectivity index (χ3n) is 1.09. The third-order valence-corrected chi connectivity index (χ3v) is 2.41. The number of ether oxygens (including phenoxy) is 1. The van der Waals surface area contributed by atoms with Crippen molar-refractivity contribution in [3.63, 3.8) is 0 Å². The Hall–Kier alpha value is -0.300. The molecule has 1 aliphatic rings. The Bertz CT molecular complexity index is 136. The molecule has 0 spiro atoms. The molecule has 1 aliphatic heterocycles. The van der Waals surface area contributed by atoms with E-state index < -0.39 is 17.0 Å². The molecule has 1 saturated heterocycles. The van der Waals surface area contributed by atoms with Crippen molar-refractivity contribution in [1.29, 1.82) is 0 Å². The van der Waals surface area contributed by atoms with Crippen molar-refractivity contribution < 1.29 is 22.8 Å². The van der Waals surface area contributed by atoms with Gasteiger partial charge in [-0.15, -0.1) is 0 Å². The minimum atomic E-state index is -2.90. The van der Waals surface area contributed by atoms with E-state index in [-0.39, 0.29) is 18.8 Å². The van der Waals surface area contributed by atoms with Crippen LogP contribution in [0.3, 0.4) is 0 Å². The van der Waals surface area contributed by atoms with Gasteiger partial charge in [0.2, 0.25) is 0 Å². The Morgan fingerprint density at radius 1 is 1.70 bits per heavy atom. The minimum Gasteiger partial charge on any atom is -0.461 e. The molecule has 6 heteroatoms. The first-order chi connectivity index (χ1) is 4.64. The van der Waals surface area contributed by atoms with E-state index in [0.717, 1.165) is 0 Å². The van der Waals surface area contributed by atoms with Crippen LogP contribution in [0, 0.1) is 0 Å². The molecular weight excluding hydrogens is 160 g/mol. The quantitative estimate of drug-likeness (QED) is 0.577. The molecule has 10 heavy (non-hydrogen) atoms. The number of hydrogen-bond donors (Lipinski definition) is 2. The molecule has 0 aromatic rings. The van der Waals surface area contributed by atoms with Crippen LogP contribution in [-0.2, 0) is 13.7 Å². The van der Waals surface area contributed by atoms with Gasteiger partial charge in [-0.25, -0.2) is 0 Å². The van der Waals surface area contributed by atoms with Gasteiger partial charge in [-0.05, 0) is 0 Å². The van der Waals surface area contributed by atoms with Crippen LogP contribution in [0.4, 0.5) is 0 Å². The Morgan fingerprint density at radius 3 is 2.80 bits per heavy atom. The van der Waals surface area contributed by atoms with Gasteiger partial charge in [0.15, 0.2) is 0 Å². The van der Waals surface area contributed by atoms with Crippen LogP contribution in [-0.4, -0.2) is 34.0 Å². The fourth-order valence-corrected chi connectivity index (χ4v) is 1.81. The predicted octanol–water partition coefficient (Wildman–Crippen LogP) is 0.224. The topological polar surface area (TPSA) is 76.0 Å². The predicted molar refractivity (Wildman–Crippen MR) is 34.6 cm³/mol. The highest BCUT2D eigenvalue weighted by Gasteiger charge is 2.33. The van der Waals surface area contributed by atoms with Crippen molar-refractivity contribution in [3.8, 4) is 0 Å². The summed E-state index contributed by atoms with van der Waals surface area (Å²) in [6, 6.07) is 0. The van der Waals surface area contributed by atoms with Crippen LogP contribution in [0.1, 0.15) is 0 Å². The summed E-state index contributed by atoms with van der Waals surface area (Å²) < 4.78 is 26.6. The monoisotopic (exact) mass is 168 g/mol. The standard InChI is InChI=1S/C4H8O5S/c5-3-8-4-1-9-10(6,7)2-4/h3-4,6-7H,1-2H2. The van der Waals surface area contributed by atoms with E-state index >= 15 is 0 Å². The zero-order valence-electron chi connectivity index (χ0n) is 5.10. The molecule has 0 bridgehead atoms. The fraction of sp³-hybridized carbons (Fsp3) is 0.750. The second kappa shape index (κ2) is 2.75. The molecule has 1 fully saturated rings. The highest BCUT2D eigenvalue weighted by molar-refractivity contribution is 8.20. The summed E-state index contributed by atoms with van der Waals surface area (Å²) in [7, 11) is -2.90. The molecule has 1 atom stereocenters. The molecule has 60 valence electrons. The van der Waals surface area contributed by atoms with Crippen molar-refractivity contribution in [1.82, 2.24) is 0 Å². The van der Waals surface area contributed by atoms with Gasteiger partial charge in [0, 0.05) is 0 Å². The number of carbonyl (C=O) groups is 1. The zero-order chi connectivity index (χ0) is 7.61. The molecular formula is C4H8O5S. The van der Waals surface area contributed by atoms with Gasteiger partial charge in [-0.3, -0.25) is 8.98 Å². The molecule has 0 amide bonds. The Kier molecular flexibility index (Phi) is 2.14. The van der Waals surface area contributed by atoms with E-state index in [0.29, 0.717) is 0 Å². The summed E-state index contributed by atoms with van der Waals surface area (Å²) >= 11 is 0. The minimum absolute atomic E-state index is 0.00819. The molecule has 0 aromatic carbocycles. The van der Waals surface area contributed by atoms with Gasteiger partial charge in [0.25, 0.3) is 6.47 Å². The SMILES string of the molecule is O=COC1COS(O)(O)C1. The summed E-state index contributed by atoms with van der Waals surface area (Å²) in [6.07, 6.45) is -0.498. The highest BCUT2D eigenvalue weighted by atomic mass is 32.3. The van der Waals surface area contributed by atoms with Gasteiger partial charge in [-0.2, -0.15) is 0 Å². The summed E-state index contributed by atoms with van der Waals surface area (Å²) in [5.74, 6) is -0.00819. The molecule has 0 radical (unpaired) electrons. The van der Waals surface area contributed by atoms with Crippen LogP contribution in [0.2, 0.25) is 0 Å². The van der Waals surface area contributed by atoms with Crippen molar-refractivity contribution in [2.45, 2.75) is 6.10 Å². The van der Waals surface area contributed by atoms with Crippen molar-refractivity contribution in [3.05, 3.63) is 0 Å². The normalized spacial score (nSPS) is 33.2. The van der Waals surface area contributed by atoms with Crippen molar-refractivity contribution >= 4 is 17.3 Å². The third kappa shape index (κ3) is 1.84. The molecule has 5 nitrogen and oxygen atoms in total. The van der Waals surface area contributed by atoms with Gasteiger partial charge >= 0.3 is 0 Å². The Balaban J connectivity index is 2.35. The van der Waals surface area contributed by atoms with Crippen LogP contribution in [0.25, 0.3) is 0 Å². The number of rotatable bonds is 2. The lowest BCUT2D eigenvalue weighted by Gasteiger charge is -2.17. The van der Waals surface area contributed by atoms with Crippen LogP contribution in [0.5, 0.6) is 0 Å². The second-order valence-electron chi connectivity index (χ2n) is 1.91. The molecule has 1 heterocycles. The molecule has 1 rings (SSSR count). The molecule has 2 N–H and O–H groups in total. The van der Waals surface area contributed by atoms with Gasteiger partial charge < -0.3 is 13.8 Å². The van der Waals surface area contributed by atoms with Crippen molar-refractivity contribution in [2.75, 3.05) is 12.4 Å². The maximum atomic E-state index is 9.74. The smallest absolute Gasteiger partial charge is 0.293 e. The van der Waals surface area contributed by atoms with E-state index in [4.69, 9.17) is 9.11 Å². The van der Waals surface area contributed by atoms with Gasteiger partial charge in [0.1, 0.15) is 12.7 Å². The van der Waals surface area contributed by atoms with E-state index in [1.165, 1.54) is 0 Å². The van der Waals surface area contributed by atoms with E-state index in [2.05, 4.69) is 8.92 Å².